The molecule has 1 saturated heterocycles. The van der Waals surface area contributed by atoms with Gasteiger partial charge in [0.05, 0.1) is 75.8 Å². The molecule has 2 amide bonds. The van der Waals surface area contributed by atoms with E-state index in [1.165, 1.54) is 6.42 Å². The number of imidazole rings is 2. The molecule has 1 saturated carbocycles. The highest BCUT2D eigenvalue weighted by Gasteiger charge is 2.29. The number of anilines is 3. The standard InChI is InChI=1S/C56H50N16O2/c1-2-48(73)62-37-17-35(22-57-24-37)32-13-14-44-40(19-32)51(70-68-44)54-65-46-28-60-29-47(53(46)67-54)72-16-8-11-33(30-72)39-20-34(36-18-38(25-58-23-36)63-56(74)31-9-4-3-5-10-31)21-41-49(39)69-71-52(41)55-64-45-27-59-26-42(50(45)66-55)43-12-6-7-15-61-43/h6-7,12-15,17-29,31,33H,2-5,8-11,16,30H2,1H3,(H,62,73)(H,63,74)(H,64,66)(H,65,67)(H,68,70)(H,69,71). The first kappa shape index (κ1) is 44.7. The predicted molar refractivity (Wildman–Crippen MR) is 286 cm³/mol. The second-order valence-electron chi connectivity index (χ2n) is 19.4. The van der Waals surface area contributed by atoms with Crippen LogP contribution in [-0.2, 0) is 9.59 Å². The van der Waals surface area contributed by atoms with Crippen LogP contribution in [0.2, 0.25) is 0 Å². The molecule has 18 heteroatoms. The van der Waals surface area contributed by atoms with Gasteiger partial charge in [0.2, 0.25) is 11.8 Å². The van der Waals surface area contributed by atoms with Gasteiger partial charge in [-0.15, -0.1) is 0 Å². The van der Waals surface area contributed by atoms with Crippen molar-refractivity contribution in [3.05, 3.63) is 122 Å². The minimum atomic E-state index is -0.0737. The summed E-state index contributed by atoms with van der Waals surface area (Å²) < 4.78 is 0. The van der Waals surface area contributed by atoms with Crippen molar-refractivity contribution in [1.29, 1.82) is 0 Å². The molecule has 2 aromatic carbocycles. The van der Waals surface area contributed by atoms with Crippen molar-refractivity contribution >= 4 is 72.7 Å². The van der Waals surface area contributed by atoms with Crippen molar-refractivity contribution in [2.24, 2.45) is 5.92 Å². The maximum absolute atomic E-state index is 13.4. The molecule has 1 aliphatic heterocycles. The summed E-state index contributed by atoms with van der Waals surface area (Å²) in [5, 5.41) is 24.3. The Kier molecular flexibility index (Phi) is 11.3. The van der Waals surface area contributed by atoms with Gasteiger partial charge in [0.15, 0.2) is 11.6 Å². The van der Waals surface area contributed by atoms with Crippen LogP contribution in [0.3, 0.4) is 0 Å². The van der Waals surface area contributed by atoms with Crippen molar-refractivity contribution in [1.82, 2.24) is 65.3 Å². The SMILES string of the molecule is CCC(=O)Nc1cncc(-c2ccc3[nH]nc(-c4nc5c(N6CCCC(c7cc(-c8cncc(NC(=O)C9CCCCC9)c8)cc8c(-c9nc%10c(-c%11ccccn%11)cncc%10[nH]9)[nH]nc78)C6)cncc5[nH]4)c3c2)c1. The number of nitrogens with zero attached hydrogens (tertiary/aromatic N) is 10. The van der Waals surface area contributed by atoms with Crippen molar-refractivity contribution in [2.45, 2.75) is 64.2 Å². The zero-order valence-electron chi connectivity index (χ0n) is 40.5. The summed E-state index contributed by atoms with van der Waals surface area (Å²) in [6.45, 7) is 3.32. The van der Waals surface area contributed by atoms with Gasteiger partial charge in [0.25, 0.3) is 0 Å². The predicted octanol–water partition coefficient (Wildman–Crippen LogP) is 10.8. The maximum Gasteiger partial charge on any atom is 0.227 e. The van der Waals surface area contributed by atoms with Crippen LogP contribution in [0.25, 0.3) is 100 Å². The molecular formula is C56H50N16O2. The van der Waals surface area contributed by atoms with E-state index in [-0.39, 0.29) is 23.7 Å². The molecule has 10 heterocycles. The van der Waals surface area contributed by atoms with Gasteiger partial charge in [0.1, 0.15) is 22.4 Å². The first-order chi connectivity index (χ1) is 36.4. The van der Waals surface area contributed by atoms with Crippen LogP contribution in [-0.4, -0.2) is 90.2 Å². The number of fused-ring (bicyclic) bond motifs is 4. The Bertz CT molecular complexity index is 3920. The normalized spacial score (nSPS) is 15.4. The number of hydrogen-bond donors (Lipinski definition) is 6. The van der Waals surface area contributed by atoms with Gasteiger partial charge in [-0.25, -0.2) is 9.97 Å². The summed E-state index contributed by atoms with van der Waals surface area (Å²) in [6.07, 6.45) is 23.5. The Balaban J connectivity index is 0.859. The fourth-order valence-corrected chi connectivity index (χ4v) is 10.8. The highest BCUT2D eigenvalue weighted by Crippen LogP contribution is 2.41. The first-order valence-electron chi connectivity index (χ1n) is 25.3. The van der Waals surface area contributed by atoms with Crippen molar-refractivity contribution in [2.75, 3.05) is 28.6 Å². The van der Waals surface area contributed by atoms with Gasteiger partial charge in [-0.05, 0) is 90.9 Å². The van der Waals surface area contributed by atoms with E-state index >= 15 is 0 Å². The summed E-state index contributed by atoms with van der Waals surface area (Å²) in [4.78, 5) is 68.3. The lowest BCUT2D eigenvalue weighted by Gasteiger charge is -2.34. The number of rotatable bonds is 11. The molecule has 11 aromatic rings. The Morgan fingerprint density at radius 2 is 1.41 bits per heavy atom. The zero-order chi connectivity index (χ0) is 49.7. The number of benzene rings is 2. The molecule has 1 aliphatic carbocycles. The highest BCUT2D eigenvalue weighted by molar-refractivity contribution is 6.01. The van der Waals surface area contributed by atoms with E-state index in [4.69, 9.17) is 25.1 Å². The number of aromatic nitrogens is 13. The lowest BCUT2D eigenvalue weighted by molar-refractivity contribution is -0.120. The van der Waals surface area contributed by atoms with Crippen LogP contribution in [0.5, 0.6) is 0 Å². The van der Waals surface area contributed by atoms with E-state index in [1.807, 2.05) is 68.0 Å². The van der Waals surface area contributed by atoms with Gasteiger partial charge < -0.3 is 25.5 Å². The molecule has 1 unspecified atom stereocenters. The summed E-state index contributed by atoms with van der Waals surface area (Å²) in [5.74, 6) is 1.30. The molecule has 366 valence electrons. The molecule has 74 heavy (non-hydrogen) atoms. The monoisotopic (exact) mass is 978 g/mol. The first-order valence-corrected chi connectivity index (χ1v) is 25.3. The van der Waals surface area contributed by atoms with E-state index < -0.39 is 0 Å². The van der Waals surface area contributed by atoms with Crippen molar-refractivity contribution in [3.8, 4) is 56.5 Å². The van der Waals surface area contributed by atoms with E-state index in [1.54, 1.807) is 37.2 Å². The second-order valence-corrected chi connectivity index (χ2v) is 19.4. The minimum absolute atomic E-state index is 0.0123. The van der Waals surface area contributed by atoms with Gasteiger partial charge in [-0.3, -0.25) is 44.7 Å². The van der Waals surface area contributed by atoms with Crippen LogP contribution < -0.4 is 15.5 Å². The molecule has 0 bridgehead atoms. The molecule has 9 aromatic heterocycles. The topological polar surface area (TPSA) is 241 Å². The number of pyridine rings is 5. The third kappa shape index (κ3) is 8.32. The smallest absolute Gasteiger partial charge is 0.227 e. The Morgan fingerprint density at radius 1 is 0.649 bits per heavy atom. The molecule has 0 spiro atoms. The second kappa shape index (κ2) is 18.8. The minimum Gasteiger partial charge on any atom is -0.368 e. The number of hydrogen-bond acceptors (Lipinski definition) is 12. The maximum atomic E-state index is 13.4. The van der Waals surface area contributed by atoms with Gasteiger partial charge >= 0.3 is 0 Å². The molecule has 13 rings (SSSR count). The summed E-state index contributed by atoms with van der Waals surface area (Å²) in [7, 11) is 0. The molecule has 2 aliphatic rings. The number of carbonyl (C=O) groups excluding carboxylic acids is 2. The Hall–Kier alpha value is -9.19. The van der Waals surface area contributed by atoms with Crippen molar-refractivity contribution in [3.63, 3.8) is 0 Å². The van der Waals surface area contributed by atoms with Crippen LogP contribution >= 0.6 is 0 Å². The summed E-state index contributed by atoms with van der Waals surface area (Å²) in [5.41, 5.74) is 14.8. The Morgan fingerprint density at radius 3 is 2.23 bits per heavy atom. The number of piperidine rings is 1. The lowest BCUT2D eigenvalue weighted by Crippen LogP contribution is -2.34. The number of carbonyl (C=O) groups is 2. The van der Waals surface area contributed by atoms with Gasteiger partial charge in [0, 0.05) is 83.6 Å². The highest BCUT2D eigenvalue weighted by atomic mass is 16.2. The van der Waals surface area contributed by atoms with Crippen LogP contribution in [0.1, 0.15) is 69.8 Å². The molecule has 0 radical (unpaired) electrons. The van der Waals surface area contributed by atoms with Gasteiger partial charge in [-0.1, -0.05) is 38.3 Å². The largest absolute Gasteiger partial charge is 0.368 e. The fourth-order valence-electron chi connectivity index (χ4n) is 10.8. The third-order valence-electron chi connectivity index (χ3n) is 14.6. The molecule has 2 fully saturated rings. The van der Waals surface area contributed by atoms with Crippen molar-refractivity contribution < 1.29 is 9.59 Å². The zero-order valence-corrected chi connectivity index (χ0v) is 40.5. The lowest BCUT2D eigenvalue weighted by atomic mass is 9.86. The number of aromatic amines is 4. The number of amides is 2. The van der Waals surface area contributed by atoms with Crippen LogP contribution in [0.4, 0.5) is 17.1 Å². The number of nitrogens with one attached hydrogen (secondary N) is 6. The average molecular weight is 979 g/mol. The van der Waals surface area contributed by atoms with Crippen LogP contribution in [0, 0.1) is 5.92 Å². The van der Waals surface area contributed by atoms with E-state index in [9.17, 15) is 9.59 Å². The van der Waals surface area contributed by atoms with E-state index in [0.717, 1.165) is 139 Å². The molecular weight excluding hydrogens is 929 g/mol. The molecule has 1 atom stereocenters. The average Bonchev–Trinajstić information content (AvgIpc) is 4.28. The summed E-state index contributed by atoms with van der Waals surface area (Å²) >= 11 is 0. The third-order valence-corrected chi connectivity index (χ3v) is 14.6. The van der Waals surface area contributed by atoms with E-state index in [0.29, 0.717) is 41.7 Å². The van der Waals surface area contributed by atoms with Gasteiger partial charge in [-0.2, -0.15) is 10.2 Å². The summed E-state index contributed by atoms with van der Waals surface area (Å²) in [6, 6.07) is 20.2. The Labute approximate surface area is 423 Å². The fraction of sp³-hybridized carbons (Fsp3) is 0.232. The molecule has 18 nitrogen and oxygen atoms in total. The number of H-pyrrole nitrogens is 4. The molecule has 6 N–H and O–H groups in total. The van der Waals surface area contributed by atoms with Crippen LogP contribution in [0.15, 0.2) is 116 Å². The van der Waals surface area contributed by atoms with E-state index in [2.05, 4.69) is 73.8 Å². The quantitative estimate of drug-likeness (QED) is 0.0709.